The SMILES string of the molecule is S=C(NCc1ccco1)Nc1ccc2[nH]c3nc4ccccc4nc3c2c1. The van der Waals surface area contributed by atoms with E-state index in [1.54, 1.807) is 6.26 Å². The molecule has 132 valence electrons. The Kier molecular flexibility index (Phi) is 3.72. The molecule has 0 aliphatic rings. The zero-order valence-corrected chi connectivity index (χ0v) is 15.0. The van der Waals surface area contributed by atoms with Gasteiger partial charge in [0, 0.05) is 16.6 Å². The van der Waals surface area contributed by atoms with E-state index in [4.69, 9.17) is 21.6 Å². The van der Waals surface area contributed by atoms with Gasteiger partial charge >= 0.3 is 0 Å². The molecule has 5 rings (SSSR count). The molecule has 5 aromatic rings. The number of thiocarbonyl (C=S) groups is 1. The van der Waals surface area contributed by atoms with Gasteiger partial charge < -0.3 is 20.0 Å². The highest BCUT2D eigenvalue weighted by molar-refractivity contribution is 7.80. The van der Waals surface area contributed by atoms with Gasteiger partial charge in [0.1, 0.15) is 11.3 Å². The third-order valence-electron chi connectivity index (χ3n) is 4.36. The van der Waals surface area contributed by atoms with Gasteiger partial charge in [-0.25, -0.2) is 9.97 Å². The number of benzene rings is 2. The molecule has 0 radical (unpaired) electrons. The molecule has 3 heterocycles. The molecular formula is C20H15N5OS. The standard InChI is InChI=1S/C20H15N5OS/c27-20(21-11-13-4-3-9-26-13)22-12-7-8-15-14(10-12)18-19(24-15)25-17-6-2-1-5-16(17)23-18/h1-10H,11H2,(H,24,25)(H2,21,22,27). The lowest BCUT2D eigenvalue weighted by atomic mass is 10.2. The molecule has 3 aromatic heterocycles. The molecule has 0 aliphatic carbocycles. The van der Waals surface area contributed by atoms with Crippen molar-refractivity contribution in [2.45, 2.75) is 6.54 Å². The number of anilines is 1. The van der Waals surface area contributed by atoms with Crippen molar-refractivity contribution in [1.29, 1.82) is 0 Å². The molecule has 0 aliphatic heterocycles. The van der Waals surface area contributed by atoms with E-state index in [0.717, 1.165) is 44.5 Å². The number of hydrogen-bond acceptors (Lipinski definition) is 4. The number of H-pyrrole nitrogens is 1. The van der Waals surface area contributed by atoms with Gasteiger partial charge in [0.05, 0.1) is 23.8 Å². The Morgan fingerprint density at radius 3 is 2.70 bits per heavy atom. The van der Waals surface area contributed by atoms with E-state index in [1.807, 2.05) is 54.6 Å². The Balaban J connectivity index is 1.46. The molecule has 0 amide bonds. The number of nitrogens with zero attached hydrogens (tertiary/aromatic N) is 2. The van der Waals surface area contributed by atoms with Gasteiger partial charge in [0.25, 0.3) is 0 Å². The van der Waals surface area contributed by atoms with Crippen molar-refractivity contribution in [2.75, 3.05) is 5.32 Å². The Morgan fingerprint density at radius 2 is 1.89 bits per heavy atom. The van der Waals surface area contributed by atoms with E-state index in [0.29, 0.717) is 11.7 Å². The van der Waals surface area contributed by atoms with Crippen LogP contribution in [0.15, 0.2) is 65.3 Å². The molecule has 0 bridgehead atoms. The lowest BCUT2D eigenvalue weighted by Crippen LogP contribution is -2.27. The summed E-state index contributed by atoms with van der Waals surface area (Å²) < 4.78 is 5.30. The summed E-state index contributed by atoms with van der Waals surface area (Å²) in [5.41, 5.74) is 5.25. The highest BCUT2D eigenvalue weighted by Crippen LogP contribution is 2.27. The van der Waals surface area contributed by atoms with E-state index in [-0.39, 0.29) is 0 Å². The second kappa shape index (κ2) is 6.37. The number of fused-ring (bicyclic) bond motifs is 4. The number of hydrogen-bond donors (Lipinski definition) is 3. The lowest BCUT2D eigenvalue weighted by Gasteiger charge is -2.09. The van der Waals surface area contributed by atoms with Gasteiger partial charge in [-0.3, -0.25) is 0 Å². The highest BCUT2D eigenvalue weighted by atomic mass is 32.1. The van der Waals surface area contributed by atoms with Crippen LogP contribution in [-0.2, 0) is 6.54 Å². The summed E-state index contributed by atoms with van der Waals surface area (Å²) in [7, 11) is 0. The number of para-hydroxylation sites is 2. The first-order valence-corrected chi connectivity index (χ1v) is 8.92. The fourth-order valence-electron chi connectivity index (χ4n) is 3.09. The zero-order chi connectivity index (χ0) is 18.2. The maximum absolute atomic E-state index is 5.37. The summed E-state index contributed by atoms with van der Waals surface area (Å²) in [6.07, 6.45) is 1.64. The van der Waals surface area contributed by atoms with Gasteiger partial charge in [-0.2, -0.15) is 0 Å². The first kappa shape index (κ1) is 15.8. The topological polar surface area (TPSA) is 78.8 Å². The number of aromatic nitrogens is 3. The van der Waals surface area contributed by atoms with Crippen molar-refractivity contribution in [2.24, 2.45) is 0 Å². The molecule has 0 atom stereocenters. The molecule has 7 heteroatoms. The molecule has 6 nitrogen and oxygen atoms in total. The quantitative estimate of drug-likeness (QED) is 0.408. The van der Waals surface area contributed by atoms with Gasteiger partial charge in [0.15, 0.2) is 10.8 Å². The largest absolute Gasteiger partial charge is 0.467 e. The predicted octanol–water partition coefficient (Wildman–Crippen LogP) is 4.34. The molecule has 0 fully saturated rings. The van der Waals surface area contributed by atoms with E-state index in [2.05, 4.69) is 20.6 Å². The van der Waals surface area contributed by atoms with E-state index < -0.39 is 0 Å². The third kappa shape index (κ3) is 2.98. The average Bonchev–Trinajstić information content (AvgIpc) is 3.32. The summed E-state index contributed by atoms with van der Waals surface area (Å²) in [5, 5.41) is 7.86. The van der Waals surface area contributed by atoms with Gasteiger partial charge in [-0.05, 0) is 54.7 Å². The van der Waals surface area contributed by atoms with Crippen molar-refractivity contribution in [3.63, 3.8) is 0 Å². The van der Waals surface area contributed by atoms with Crippen LogP contribution in [0.3, 0.4) is 0 Å². The Hall–Kier alpha value is -3.45. The number of rotatable bonds is 3. The fourth-order valence-corrected chi connectivity index (χ4v) is 3.28. The normalized spacial score (nSPS) is 11.3. The monoisotopic (exact) mass is 373 g/mol. The second-order valence-electron chi connectivity index (χ2n) is 6.18. The van der Waals surface area contributed by atoms with Crippen LogP contribution in [0.25, 0.3) is 33.1 Å². The van der Waals surface area contributed by atoms with Crippen molar-refractivity contribution in [3.05, 3.63) is 66.6 Å². The van der Waals surface area contributed by atoms with Crippen LogP contribution in [0.4, 0.5) is 5.69 Å². The highest BCUT2D eigenvalue weighted by Gasteiger charge is 2.10. The van der Waals surface area contributed by atoms with Crippen LogP contribution < -0.4 is 10.6 Å². The summed E-state index contributed by atoms with van der Waals surface area (Å²) >= 11 is 5.37. The molecule has 0 spiro atoms. The minimum atomic E-state index is 0.530. The maximum atomic E-state index is 5.37. The predicted molar refractivity (Wildman–Crippen MR) is 111 cm³/mol. The molecule has 0 saturated heterocycles. The third-order valence-corrected chi connectivity index (χ3v) is 4.61. The first-order chi connectivity index (χ1) is 13.3. The van der Waals surface area contributed by atoms with E-state index >= 15 is 0 Å². The van der Waals surface area contributed by atoms with Crippen LogP contribution in [0, 0.1) is 0 Å². The van der Waals surface area contributed by atoms with Crippen molar-refractivity contribution < 1.29 is 4.42 Å². The number of aromatic amines is 1. The van der Waals surface area contributed by atoms with E-state index in [9.17, 15) is 0 Å². The summed E-state index contributed by atoms with van der Waals surface area (Å²) in [6, 6.07) is 17.6. The molecule has 0 saturated carbocycles. The van der Waals surface area contributed by atoms with Crippen LogP contribution in [0.5, 0.6) is 0 Å². The first-order valence-electron chi connectivity index (χ1n) is 8.52. The van der Waals surface area contributed by atoms with Crippen LogP contribution in [0.2, 0.25) is 0 Å². The average molecular weight is 373 g/mol. The minimum Gasteiger partial charge on any atom is -0.467 e. The molecule has 0 unspecified atom stereocenters. The molecule has 27 heavy (non-hydrogen) atoms. The smallest absolute Gasteiger partial charge is 0.171 e. The van der Waals surface area contributed by atoms with Gasteiger partial charge in [0.2, 0.25) is 0 Å². The van der Waals surface area contributed by atoms with Crippen molar-refractivity contribution >= 4 is 56.1 Å². The van der Waals surface area contributed by atoms with Crippen molar-refractivity contribution in [3.8, 4) is 0 Å². The lowest BCUT2D eigenvalue weighted by molar-refractivity contribution is 0.503. The summed E-state index contributed by atoms with van der Waals surface area (Å²) in [6.45, 7) is 0.533. The van der Waals surface area contributed by atoms with E-state index in [1.165, 1.54) is 0 Å². The maximum Gasteiger partial charge on any atom is 0.171 e. The summed E-state index contributed by atoms with van der Waals surface area (Å²) in [4.78, 5) is 12.8. The molecule has 3 N–H and O–H groups in total. The van der Waals surface area contributed by atoms with Crippen molar-refractivity contribution in [1.82, 2.24) is 20.3 Å². The Bertz CT molecular complexity index is 1280. The number of nitrogens with one attached hydrogen (secondary N) is 3. The fraction of sp³-hybridized carbons (Fsp3) is 0.0500. The second-order valence-corrected chi connectivity index (χ2v) is 6.59. The van der Waals surface area contributed by atoms with Crippen LogP contribution >= 0.6 is 12.2 Å². The van der Waals surface area contributed by atoms with Crippen LogP contribution in [0.1, 0.15) is 5.76 Å². The minimum absolute atomic E-state index is 0.530. The van der Waals surface area contributed by atoms with Gasteiger partial charge in [-0.15, -0.1) is 0 Å². The Morgan fingerprint density at radius 1 is 1.04 bits per heavy atom. The summed E-state index contributed by atoms with van der Waals surface area (Å²) in [5.74, 6) is 0.827. The molecular weight excluding hydrogens is 358 g/mol. The number of furan rings is 1. The zero-order valence-electron chi connectivity index (χ0n) is 14.2. The van der Waals surface area contributed by atoms with Crippen LogP contribution in [-0.4, -0.2) is 20.1 Å². The van der Waals surface area contributed by atoms with Gasteiger partial charge in [-0.1, -0.05) is 12.1 Å². The molecule has 2 aromatic carbocycles. The Labute approximate surface area is 159 Å².